The van der Waals surface area contributed by atoms with E-state index in [0.717, 1.165) is 0 Å². The van der Waals surface area contributed by atoms with Crippen LogP contribution < -0.4 is 5.48 Å². The van der Waals surface area contributed by atoms with Gasteiger partial charge in [-0.3, -0.25) is 14.6 Å². The van der Waals surface area contributed by atoms with Gasteiger partial charge in [0, 0.05) is 12.4 Å². The van der Waals surface area contributed by atoms with E-state index < -0.39 is 0 Å². The van der Waals surface area contributed by atoms with E-state index in [4.69, 9.17) is 11.6 Å². The molecule has 0 saturated heterocycles. The van der Waals surface area contributed by atoms with E-state index in [9.17, 15) is 4.79 Å². The molecule has 1 amide bonds. The van der Waals surface area contributed by atoms with Crippen molar-refractivity contribution in [3.05, 3.63) is 29.0 Å². The minimum Gasteiger partial charge on any atom is -0.277 e. The van der Waals surface area contributed by atoms with E-state index in [2.05, 4.69) is 15.3 Å². The minimum atomic E-state index is -0.368. The van der Waals surface area contributed by atoms with Crippen LogP contribution >= 0.6 is 11.6 Å². The van der Waals surface area contributed by atoms with Gasteiger partial charge in [0.2, 0.25) is 0 Å². The number of hydrogen-bond acceptors (Lipinski definition) is 3. The summed E-state index contributed by atoms with van der Waals surface area (Å²) in [6, 6.07) is 1.50. The Morgan fingerprint density at radius 3 is 3.00 bits per heavy atom. The highest BCUT2D eigenvalue weighted by Gasteiger charge is 2.04. The molecule has 1 N–H and O–H groups in total. The number of pyridine rings is 1. The fourth-order valence-electron chi connectivity index (χ4n) is 0.688. The fourth-order valence-corrected chi connectivity index (χ4v) is 0.862. The lowest BCUT2D eigenvalue weighted by Gasteiger charge is -2.00. The monoisotopic (exact) mass is 186 g/mol. The molecular formula is C7H7ClN2O2. The topological polar surface area (TPSA) is 51.2 Å². The Bertz CT molecular complexity index is 290. The normalized spacial score (nSPS) is 9.50. The van der Waals surface area contributed by atoms with Gasteiger partial charge in [0.25, 0.3) is 5.91 Å². The van der Waals surface area contributed by atoms with Crippen molar-refractivity contribution in [1.82, 2.24) is 10.5 Å². The first-order valence-corrected chi connectivity index (χ1v) is 3.55. The summed E-state index contributed by atoms with van der Waals surface area (Å²) in [5.74, 6) is -0.368. The molecule has 5 heteroatoms. The van der Waals surface area contributed by atoms with Crippen molar-refractivity contribution in [2.75, 3.05) is 7.11 Å². The van der Waals surface area contributed by atoms with Gasteiger partial charge in [-0.25, -0.2) is 5.48 Å². The largest absolute Gasteiger partial charge is 0.277 e. The van der Waals surface area contributed by atoms with Crippen LogP contribution in [0.3, 0.4) is 0 Å². The Hall–Kier alpha value is -1.13. The van der Waals surface area contributed by atoms with Crippen LogP contribution in [-0.4, -0.2) is 18.0 Å². The standard InChI is InChI=1S/C7H7ClN2O2/c1-12-10-7(11)5-2-6(8)4-9-3-5/h2-4H,1H3,(H,10,11). The number of rotatable bonds is 2. The van der Waals surface area contributed by atoms with Crippen LogP contribution in [0.5, 0.6) is 0 Å². The Kier molecular flexibility index (Phi) is 3.01. The molecule has 64 valence electrons. The van der Waals surface area contributed by atoms with Gasteiger partial charge >= 0.3 is 0 Å². The van der Waals surface area contributed by atoms with Gasteiger partial charge in [-0.05, 0) is 6.07 Å². The van der Waals surface area contributed by atoms with E-state index in [1.807, 2.05) is 0 Å². The van der Waals surface area contributed by atoms with Crippen molar-refractivity contribution >= 4 is 17.5 Å². The van der Waals surface area contributed by atoms with Crippen LogP contribution in [0.1, 0.15) is 10.4 Å². The minimum absolute atomic E-state index is 0.365. The maximum atomic E-state index is 11.1. The lowest BCUT2D eigenvalue weighted by Crippen LogP contribution is -2.21. The molecule has 0 atom stereocenters. The van der Waals surface area contributed by atoms with Gasteiger partial charge in [-0.1, -0.05) is 11.6 Å². The highest BCUT2D eigenvalue weighted by atomic mass is 35.5. The van der Waals surface area contributed by atoms with Crippen LogP contribution in [0.2, 0.25) is 5.02 Å². The Labute approximate surface area is 74.5 Å². The molecule has 0 unspecified atom stereocenters. The van der Waals surface area contributed by atoms with Crippen molar-refractivity contribution in [2.24, 2.45) is 0 Å². The van der Waals surface area contributed by atoms with Crippen molar-refractivity contribution in [1.29, 1.82) is 0 Å². The average Bonchev–Trinajstić information content (AvgIpc) is 2.05. The quantitative estimate of drug-likeness (QED) is 0.702. The molecule has 0 aliphatic rings. The first-order valence-electron chi connectivity index (χ1n) is 3.18. The molecular weight excluding hydrogens is 180 g/mol. The number of amides is 1. The van der Waals surface area contributed by atoms with Crippen molar-refractivity contribution in [3.63, 3.8) is 0 Å². The van der Waals surface area contributed by atoms with Crippen LogP contribution in [0, 0.1) is 0 Å². The molecule has 0 spiro atoms. The summed E-state index contributed by atoms with van der Waals surface area (Å²) < 4.78 is 0. The molecule has 1 aromatic heterocycles. The molecule has 0 aliphatic carbocycles. The predicted octanol–water partition coefficient (Wildman–Crippen LogP) is 1.03. The fraction of sp³-hybridized carbons (Fsp3) is 0.143. The van der Waals surface area contributed by atoms with Crippen LogP contribution in [0.15, 0.2) is 18.5 Å². The zero-order valence-corrected chi connectivity index (χ0v) is 7.13. The number of hydrogen-bond donors (Lipinski definition) is 1. The number of nitrogens with zero attached hydrogens (tertiary/aromatic N) is 1. The summed E-state index contributed by atoms with van der Waals surface area (Å²) in [7, 11) is 1.36. The van der Waals surface area contributed by atoms with Crippen LogP contribution in [0.4, 0.5) is 0 Å². The van der Waals surface area contributed by atoms with Gasteiger partial charge in [0.15, 0.2) is 0 Å². The van der Waals surface area contributed by atoms with E-state index in [0.29, 0.717) is 10.6 Å². The molecule has 0 saturated carbocycles. The molecule has 1 rings (SSSR count). The number of nitrogens with one attached hydrogen (secondary N) is 1. The van der Waals surface area contributed by atoms with E-state index in [1.54, 1.807) is 0 Å². The Morgan fingerprint density at radius 2 is 2.42 bits per heavy atom. The summed E-state index contributed by atoms with van der Waals surface area (Å²) in [6.45, 7) is 0. The number of hydroxylamine groups is 1. The third-order valence-electron chi connectivity index (χ3n) is 1.16. The first kappa shape index (κ1) is 8.96. The van der Waals surface area contributed by atoms with Crippen molar-refractivity contribution in [2.45, 2.75) is 0 Å². The van der Waals surface area contributed by atoms with Crippen molar-refractivity contribution < 1.29 is 9.63 Å². The second kappa shape index (κ2) is 4.04. The van der Waals surface area contributed by atoms with E-state index in [1.165, 1.54) is 25.6 Å². The predicted molar refractivity (Wildman–Crippen MR) is 43.7 cm³/mol. The number of carbonyl (C=O) groups excluding carboxylic acids is 1. The smallest absolute Gasteiger partial charge is 0.276 e. The second-order valence-electron chi connectivity index (χ2n) is 2.03. The van der Waals surface area contributed by atoms with Crippen LogP contribution in [0.25, 0.3) is 0 Å². The highest BCUT2D eigenvalue weighted by molar-refractivity contribution is 6.30. The Morgan fingerprint density at radius 1 is 1.67 bits per heavy atom. The lowest BCUT2D eigenvalue weighted by molar-refractivity contribution is 0.0537. The summed E-state index contributed by atoms with van der Waals surface area (Å²) >= 11 is 5.61. The summed E-state index contributed by atoms with van der Waals surface area (Å²) in [6.07, 6.45) is 2.85. The van der Waals surface area contributed by atoms with E-state index >= 15 is 0 Å². The SMILES string of the molecule is CONC(=O)c1cncc(Cl)c1. The molecule has 0 fully saturated rings. The van der Waals surface area contributed by atoms with Crippen molar-refractivity contribution in [3.8, 4) is 0 Å². The summed E-state index contributed by atoms with van der Waals surface area (Å²) in [5, 5.41) is 0.416. The molecule has 12 heavy (non-hydrogen) atoms. The highest BCUT2D eigenvalue weighted by Crippen LogP contribution is 2.07. The summed E-state index contributed by atoms with van der Waals surface area (Å²) in [5.41, 5.74) is 2.52. The molecule has 0 radical (unpaired) electrons. The zero-order chi connectivity index (χ0) is 8.97. The second-order valence-corrected chi connectivity index (χ2v) is 2.46. The summed E-state index contributed by atoms with van der Waals surface area (Å²) in [4.78, 5) is 19.2. The van der Waals surface area contributed by atoms with Crippen LogP contribution in [-0.2, 0) is 4.84 Å². The lowest BCUT2D eigenvalue weighted by atomic mass is 10.3. The van der Waals surface area contributed by atoms with Gasteiger partial charge in [-0.2, -0.15) is 0 Å². The first-order chi connectivity index (χ1) is 5.74. The average molecular weight is 187 g/mol. The molecule has 0 bridgehead atoms. The molecule has 4 nitrogen and oxygen atoms in total. The molecule has 1 aromatic rings. The van der Waals surface area contributed by atoms with Gasteiger partial charge in [0.05, 0.1) is 17.7 Å². The number of halogens is 1. The Balaban J connectivity index is 2.81. The number of aromatic nitrogens is 1. The maximum absolute atomic E-state index is 11.1. The molecule has 0 aromatic carbocycles. The van der Waals surface area contributed by atoms with E-state index in [-0.39, 0.29) is 5.91 Å². The molecule has 0 aliphatic heterocycles. The molecule has 1 heterocycles. The van der Waals surface area contributed by atoms with Gasteiger partial charge in [0.1, 0.15) is 0 Å². The maximum Gasteiger partial charge on any atom is 0.276 e. The number of carbonyl (C=O) groups is 1. The zero-order valence-electron chi connectivity index (χ0n) is 6.37. The third kappa shape index (κ3) is 2.18. The van der Waals surface area contributed by atoms with Gasteiger partial charge in [-0.15, -0.1) is 0 Å². The third-order valence-corrected chi connectivity index (χ3v) is 1.37. The van der Waals surface area contributed by atoms with Gasteiger partial charge < -0.3 is 0 Å².